The van der Waals surface area contributed by atoms with E-state index in [1.165, 1.54) is 3.97 Å². The number of pyridine rings is 1. The molecule has 7 heteroatoms. The highest BCUT2D eigenvalue weighted by Crippen LogP contribution is 2.31. The molecule has 1 aromatic carbocycles. The van der Waals surface area contributed by atoms with Crippen LogP contribution in [0.15, 0.2) is 72.3 Å². The lowest BCUT2D eigenvalue weighted by atomic mass is 10.1. The lowest BCUT2D eigenvalue weighted by molar-refractivity contribution is 0.242. The van der Waals surface area contributed by atoms with Crippen LogP contribution >= 0.6 is 0 Å². The fraction of sp³-hybridized carbons (Fsp3) is 0.227. The van der Waals surface area contributed by atoms with Gasteiger partial charge >= 0.3 is 0 Å². The Morgan fingerprint density at radius 2 is 1.83 bits per heavy atom. The van der Waals surface area contributed by atoms with Crippen LogP contribution in [0.25, 0.3) is 22.0 Å². The number of fused-ring (bicyclic) bond motifs is 1. The second-order valence-corrected chi connectivity index (χ2v) is 8.94. The molecule has 4 rings (SSSR count). The zero-order chi connectivity index (χ0) is 20.6. The number of aromatic nitrogens is 3. The van der Waals surface area contributed by atoms with E-state index in [1.54, 1.807) is 42.9 Å². The topological polar surface area (TPSA) is 66.1 Å². The number of hydrogen-bond donors (Lipinski definition) is 0. The summed E-state index contributed by atoms with van der Waals surface area (Å²) in [5, 5.41) is 1.05. The van der Waals surface area contributed by atoms with Gasteiger partial charge in [-0.3, -0.25) is 4.98 Å². The molecule has 0 bridgehead atoms. The number of hydrogen-bond acceptors (Lipinski definition) is 4. The van der Waals surface area contributed by atoms with Crippen LogP contribution in [-0.4, -0.2) is 28.0 Å². The van der Waals surface area contributed by atoms with Gasteiger partial charge < -0.3 is 9.30 Å². The predicted molar refractivity (Wildman–Crippen MR) is 114 cm³/mol. The fourth-order valence-electron chi connectivity index (χ4n) is 3.40. The van der Waals surface area contributed by atoms with Crippen molar-refractivity contribution < 1.29 is 13.2 Å². The van der Waals surface area contributed by atoms with Gasteiger partial charge in [0.05, 0.1) is 22.7 Å². The van der Waals surface area contributed by atoms with Gasteiger partial charge in [-0.2, -0.15) is 0 Å². The van der Waals surface area contributed by atoms with Crippen LogP contribution in [0.1, 0.15) is 20.8 Å². The molecule has 0 amide bonds. The van der Waals surface area contributed by atoms with Crippen molar-refractivity contribution in [2.45, 2.75) is 38.3 Å². The first-order chi connectivity index (χ1) is 13.9. The molecule has 4 aromatic rings. The second-order valence-electron chi connectivity index (χ2n) is 7.09. The highest BCUT2D eigenvalue weighted by atomic mass is 32.2. The van der Waals surface area contributed by atoms with Gasteiger partial charge in [-0.05, 0) is 57.2 Å². The van der Waals surface area contributed by atoms with Crippen molar-refractivity contribution in [1.82, 2.24) is 13.5 Å². The molecule has 150 valence electrons. The molecule has 0 unspecified atom stereocenters. The Bertz CT molecular complexity index is 1250. The molecular weight excluding hydrogens is 386 g/mol. The first kappa shape index (κ1) is 19.3. The van der Waals surface area contributed by atoms with E-state index in [-0.39, 0.29) is 11.0 Å². The third kappa shape index (κ3) is 3.53. The molecule has 0 aliphatic heterocycles. The summed E-state index contributed by atoms with van der Waals surface area (Å²) in [6.07, 6.45) is 8.89. The smallest absolute Gasteiger partial charge is 0.267 e. The summed E-state index contributed by atoms with van der Waals surface area (Å²) >= 11 is 0. The van der Waals surface area contributed by atoms with Gasteiger partial charge in [-0.15, -0.1) is 0 Å². The lowest BCUT2D eigenvalue weighted by Gasteiger charge is -2.10. The van der Waals surface area contributed by atoms with Crippen molar-refractivity contribution in [3.8, 4) is 16.9 Å². The van der Waals surface area contributed by atoms with Gasteiger partial charge in [0.1, 0.15) is 5.75 Å². The quantitative estimate of drug-likeness (QED) is 0.469. The van der Waals surface area contributed by atoms with Crippen molar-refractivity contribution >= 4 is 20.9 Å². The Kier molecular flexibility index (Phi) is 4.92. The number of rotatable bonds is 6. The molecule has 0 radical (unpaired) electrons. The minimum atomic E-state index is -3.68. The summed E-state index contributed by atoms with van der Waals surface area (Å²) in [6.45, 7) is 6.74. The van der Waals surface area contributed by atoms with E-state index in [1.807, 2.05) is 38.4 Å². The largest absolute Gasteiger partial charge is 0.491 e. The predicted octanol–water partition coefficient (Wildman–Crippen LogP) is 4.55. The van der Waals surface area contributed by atoms with Gasteiger partial charge in [0.15, 0.2) is 0 Å². The number of nitrogens with zero attached hydrogens (tertiary/aromatic N) is 3. The molecule has 3 heterocycles. The minimum Gasteiger partial charge on any atom is -0.491 e. The van der Waals surface area contributed by atoms with Crippen LogP contribution in [0.4, 0.5) is 0 Å². The molecule has 0 fully saturated rings. The van der Waals surface area contributed by atoms with Gasteiger partial charge in [0, 0.05) is 47.8 Å². The molecular formula is C22H23N3O3S. The Morgan fingerprint density at radius 1 is 1.07 bits per heavy atom. The van der Waals surface area contributed by atoms with Crippen LogP contribution < -0.4 is 4.74 Å². The Balaban J connectivity index is 1.70. The van der Waals surface area contributed by atoms with Crippen LogP contribution in [0, 0.1) is 0 Å². The summed E-state index contributed by atoms with van der Waals surface area (Å²) in [6, 6.07) is 10.3. The normalized spacial score (nSPS) is 12.0. The van der Waals surface area contributed by atoms with E-state index in [4.69, 9.17) is 4.74 Å². The van der Waals surface area contributed by atoms with E-state index in [2.05, 4.69) is 16.5 Å². The van der Waals surface area contributed by atoms with Crippen molar-refractivity contribution in [2.24, 2.45) is 0 Å². The van der Waals surface area contributed by atoms with E-state index in [0.29, 0.717) is 5.75 Å². The molecule has 0 N–H and O–H groups in total. The Hall–Kier alpha value is -3.06. The number of aryl methyl sites for hydroxylation is 1. The number of ether oxygens (including phenoxy) is 1. The maximum Gasteiger partial charge on any atom is 0.267 e. The zero-order valence-electron chi connectivity index (χ0n) is 16.6. The van der Waals surface area contributed by atoms with Crippen molar-refractivity contribution in [1.29, 1.82) is 0 Å². The maximum atomic E-state index is 13.0. The highest BCUT2D eigenvalue weighted by Gasteiger charge is 2.19. The third-order valence-corrected chi connectivity index (χ3v) is 6.42. The van der Waals surface area contributed by atoms with Gasteiger partial charge in [-0.1, -0.05) is 0 Å². The van der Waals surface area contributed by atoms with Crippen LogP contribution in [0.2, 0.25) is 0 Å². The average molecular weight is 410 g/mol. The first-order valence-electron chi connectivity index (χ1n) is 9.53. The Morgan fingerprint density at radius 3 is 2.52 bits per heavy atom. The summed E-state index contributed by atoms with van der Waals surface area (Å²) in [7, 11) is -3.68. The van der Waals surface area contributed by atoms with Crippen LogP contribution in [0.3, 0.4) is 0 Å². The third-order valence-electron chi connectivity index (χ3n) is 4.77. The van der Waals surface area contributed by atoms with Crippen LogP contribution in [0.5, 0.6) is 5.75 Å². The van der Waals surface area contributed by atoms with E-state index in [0.717, 1.165) is 28.6 Å². The average Bonchev–Trinajstić information content (AvgIpc) is 3.33. The molecule has 0 spiro atoms. The van der Waals surface area contributed by atoms with Gasteiger partial charge in [0.25, 0.3) is 10.0 Å². The summed E-state index contributed by atoms with van der Waals surface area (Å²) < 4.78 is 35.1. The molecule has 0 saturated heterocycles. The molecule has 29 heavy (non-hydrogen) atoms. The number of benzene rings is 1. The summed E-state index contributed by atoms with van der Waals surface area (Å²) in [4.78, 5) is 4.42. The first-order valence-corrected chi connectivity index (χ1v) is 11.0. The fourth-order valence-corrected chi connectivity index (χ4v) is 4.60. The highest BCUT2D eigenvalue weighted by molar-refractivity contribution is 7.90. The molecule has 6 nitrogen and oxygen atoms in total. The Labute approximate surface area is 170 Å². The SMILES string of the molecule is CCn1cc(-c2ccn(S(=O)(=O)c3ccc(OC(C)C)cc3)c2)c2ccncc21. The standard InChI is InChI=1S/C22H23N3O3S/c1-4-24-15-21(20-9-11-23-13-22(20)24)17-10-12-25(14-17)29(26,27)19-7-5-18(6-8-19)28-16(2)3/h5-16H,4H2,1-3H3. The summed E-state index contributed by atoms with van der Waals surface area (Å²) in [5.41, 5.74) is 2.86. The van der Waals surface area contributed by atoms with Crippen molar-refractivity contribution in [2.75, 3.05) is 0 Å². The van der Waals surface area contributed by atoms with Gasteiger partial charge in [0.2, 0.25) is 0 Å². The minimum absolute atomic E-state index is 0.0323. The molecule has 0 atom stereocenters. The lowest BCUT2D eigenvalue weighted by Crippen LogP contribution is -2.11. The maximum absolute atomic E-state index is 13.0. The van der Waals surface area contributed by atoms with Crippen molar-refractivity contribution in [3.05, 3.63) is 67.4 Å². The molecule has 0 saturated carbocycles. The molecule has 0 aliphatic rings. The van der Waals surface area contributed by atoms with Gasteiger partial charge in [-0.25, -0.2) is 12.4 Å². The van der Waals surface area contributed by atoms with E-state index >= 15 is 0 Å². The van der Waals surface area contributed by atoms with E-state index in [9.17, 15) is 8.42 Å². The zero-order valence-corrected chi connectivity index (χ0v) is 17.4. The monoisotopic (exact) mass is 409 g/mol. The van der Waals surface area contributed by atoms with Crippen LogP contribution in [-0.2, 0) is 16.6 Å². The second kappa shape index (κ2) is 7.40. The molecule has 3 aromatic heterocycles. The van der Waals surface area contributed by atoms with Crippen molar-refractivity contribution in [3.63, 3.8) is 0 Å². The van der Waals surface area contributed by atoms with E-state index < -0.39 is 10.0 Å². The molecule has 0 aliphatic carbocycles. The summed E-state index contributed by atoms with van der Waals surface area (Å²) in [5.74, 6) is 0.646.